The summed E-state index contributed by atoms with van der Waals surface area (Å²) in [4.78, 5) is 6.69. The maximum Gasteiger partial charge on any atom is 0.174 e. The number of benzene rings is 3. The molecular weight excluding hydrogens is 542 g/mol. The number of anilines is 1. The molecule has 3 heterocycles. The average Bonchev–Trinajstić information content (AvgIpc) is 3.60. The van der Waals surface area contributed by atoms with Gasteiger partial charge in [0.05, 0.1) is 18.8 Å². The summed E-state index contributed by atoms with van der Waals surface area (Å²) in [6.07, 6.45) is 1.79. The predicted molar refractivity (Wildman–Crippen MR) is 161 cm³/mol. The van der Waals surface area contributed by atoms with Crippen LogP contribution in [0.3, 0.4) is 0 Å². The van der Waals surface area contributed by atoms with Gasteiger partial charge in [-0.05, 0) is 104 Å². The highest BCUT2D eigenvalue weighted by Gasteiger charge is 2.42. The number of pyridine rings is 1. The number of hydrogen-bond donors (Lipinski definition) is 1. The van der Waals surface area contributed by atoms with Crippen LogP contribution in [0.2, 0.25) is 5.02 Å². The van der Waals surface area contributed by atoms with Crippen LogP contribution in [-0.2, 0) is 0 Å². The molecule has 0 saturated carbocycles. The van der Waals surface area contributed by atoms with E-state index < -0.39 is 0 Å². The van der Waals surface area contributed by atoms with Crippen LogP contribution >= 0.6 is 23.8 Å². The molecule has 0 unspecified atom stereocenters. The number of halogens is 1. The number of aromatic nitrogens is 1. The van der Waals surface area contributed by atoms with Crippen LogP contribution in [-0.4, -0.2) is 17.2 Å². The summed E-state index contributed by atoms with van der Waals surface area (Å²) in [5.41, 5.74) is 3.69. The molecule has 6 nitrogen and oxygen atoms in total. The quantitative estimate of drug-likeness (QED) is 0.198. The van der Waals surface area contributed by atoms with E-state index in [2.05, 4.69) is 15.2 Å². The van der Waals surface area contributed by atoms with Gasteiger partial charge in [0.25, 0.3) is 0 Å². The maximum absolute atomic E-state index is 6.50. The van der Waals surface area contributed by atoms with Crippen molar-refractivity contribution in [3.63, 3.8) is 0 Å². The van der Waals surface area contributed by atoms with Crippen LogP contribution in [0.4, 0.5) is 5.69 Å². The van der Waals surface area contributed by atoms with E-state index in [-0.39, 0.29) is 12.1 Å². The molecule has 6 rings (SSSR count). The number of nitrogens with one attached hydrogen (secondary N) is 1. The molecular formula is C32H26ClN3O3S. The monoisotopic (exact) mass is 567 g/mol. The van der Waals surface area contributed by atoms with Gasteiger partial charge in [-0.15, -0.1) is 0 Å². The number of thiocarbonyl (C=S) groups is 1. The predicted octanol–water partition coefficient (Wildman–Crippen LogP) is 8.28. The minimum absolute atomic E-state index is 0.219. The Bertz CT molecular complexity index is 1640. The van der Waals surface area contributed by atoms with Crippen molar-refractivity contribution in [2.75, 3.05) is 12.0 Å². The summed E-state index contributed by atoms with van der Waals surface area (Å²) in [5.74, 6) is 3.71. The van der Waals surface area contributed by atoms with E-state index in [1.807, 2.05) is 104 Å². The molecule has 0 bridgehead atoms. The van der Waals surface area contributed by atoms with Crippen molar-refractivity contribution < 1.29 is 13.9 Å². The Morgan fingerprint density at radius 2 is 1.60 bits per heavy atom. The highest BCUT2D eigenvalue weighted by molar-refractivity contribution is 7.80. The van der Waals surface area contributed by atoms with Crippen molar-refractivity contribution in [2.24, 2.45) is 0 Å². The van der Waals surface area contributed by atoms with Gasteiger partial charge in [-0.25, -0.2) is 0 Å². The van der Waals surface area contributed by atoms with Crippen LogP contribution in [0.5, 0.6) is 17.2 Å². The topological polar surface area (TPSA) is 59.8 Å². The lowest BCUT2D eigenvalue weighted by molar-refractivity contribution is 0.413. The number of hydrogen-bond acceptors (Lipinski definition) is 5. The van der Waals surface area contributed by atoms with Gasteiger partial charge in [0.2, 0.25) is 0 Å². The molecule has 1 saturated heterocycles. The second-order valence-electron chi connectivity index (χ2n) is 9.38. The van der Waals surface area contributed by atoms with E-state index in [0.29, 0.717) is 15.9 Å². The van der Waals surface area contributed by atoms with Gasteiger partial charge in [-0.2, -0.15) is 0 Å². The first kappa shape index (κ1) is 25.9. The van der Waals surface area contributed by atoms with Crippen LogP contribution in [0, 0.1) is 6.92 Å². The standard InChI is InChI=1S/C32H26ClN3O3S/c1-20-25(6-5-7-26(20)33)28-17-18-29(39-28)31-30(27-8-3-4-19-34-27)35-32(40)36(31)21-9-11-23(12-10-21)38-24-15-13-22(37-2)14-16-24/h3-19,30-31H,1-2H3,(H,35,40)/t30-,31-/m1/s1. The van der Waals surface area contributed by atoms with Crippen molar-refractivity contribution in [2.45, 2.75) is 19.0 Å². The number of nitrogens with zero attached hydrogens (tertiary/aromatic N) is 2. The third kappa shape index (κ3) is 5.01. The van der Waals surface area contributed by atoms with Gasteiger partial charge >= 0.3 is 0 Å². The second-order valence-corrected chi connectivity index (χ2v) is 10.2. The number of furan rings is 1. The van der Waals surface area contributed by atoms with Crippen molar-refractivity contribution in [1.82, 2.24) is 10.3 Å². The summed E-state index contributed by atoms with van der Waals surface area (Å²) in [6, 6.07) is 30.5. The molecule has 5 aromatic rings. The van der Waals surface area contributed by atoms with Gasteiger partial charge in [0.15, 0.2) is 5.11 Å². The SMILES string of the molecule is COc1ccc(Oc2ccc(N3C(=S)N[C@H](c4ccccn4)[C@H]3c3ccc(-c4cccc(Cl)c4C)o3)cc2)cc1. The van der Waals surface area contributed by atoms with E-state index in [1.165, 1.54) is 0 Å². The van der Waals surface area contributed by atoms with Crippen molar-refractivity contribution in [3.8, 4) is 28.6 Å². The van der Waals surface area contributed by atoms with Crippen molar-refractivity contribution in [1.29, 1.82) is 0 Å². The molecule has 0 aliphatic carbocycles. The first-order valence-electron chi connectivity index (χ1n) is 12.8. The molecule has 1 aliphatic heterocycles. The van der Waals surface area contributed by atoms with Gasteiger partial charge in [0, 0.05) is 22.5 Å². The summed E-state index contributed by atoms with van der Waals surface area (Å²) in [5, 5.41) is 4.76. The second kappa shape index (κ2) is 11.0. The summed E-state index contributed by atoms with van der Waals surface area (Å²) in [7, 11) is 1.64. The summed E-state index contributed by atoms with van der Waals surface area (Å²) < 4.78 is 17.8. The van der Waals surface area contributed by atoms with E-state index >= 15 is 0 Å². The molecule has 3 aromatic carbocycles. The van der Waals surface area contributed by atoms with Gasteiger partial charge < -0.3 is 24.1 Å². The van der Waals surface area contributed by atoms with E-state index in [9.17, 15) is 0 Å². The molecule has 2 aromatic heterocycles. The van der Waals surface area contributed by atoms with Crippen LogP contribution < -0.4 is 19.7 Å². The molecule has 1 N–H and O–H groups in total. The molecule has 2 atom stereocenters. The Kier molecular flexibility index (Phi) is 7.15. The zero-order chi connectivity index (χ0) is 27.6. The smallest absolute Gasteiger partial charge is 0.174 e. The minimum atomic E-state index is -0.274. The first-order valence-corrected chi connectivity index (χ1v) is 13.6. The molecule has 0 spiro atoms. The molecule has 8 heteroatoms. The number of ether oxygens (including phenoxy) is 2. The fraction of sp³-hybridized carbons (Fsp3) is 0.125. The summed E-state index contributed by atoms with van der Waals surface area (Å²) in [6.45, 7) is 1.99. The average molecular weight is 568 g/mol. The van der Waals surface area contributed by atoms with Crippen LogP contribution in [0.15, 0.2) is 108 Å². The zero-order valence-corrected chi connectivity index (χ0v) is 23.4. The lowest BCUT2D eigenvalue weighted by Gasteiger charge is -2.26. The Morgan fingerprint density at radius 3 is 2.30 bits per heavy atom. The lowest BCUT2D eigenvalue weighted by atomic mass is 10.0. The molecule has 1 aliphatic rings. The molecule has 1 fully saturated rings. The van der Waals surface area contributed by atoms with Crippen LogP contribution in [0.1, 0.15) is 29.1 Å². The Hall–Kier alpha value is -4.33. The van der Waals surface area contributed by atoms with Crippen molar-refractivity contribution >= 4 is 34.6 Å². The van der Waals surface area contributed by atoms with Gasteiger partial charge in [-0.3, -0.25) is 4.98 Å². The summed E-state index contributed by atoms with van der Waals surface area (Å²) >= 11 is 12.3. The Labute approximate surface area is 243 Å². The lowest BCUT2D eigenvalue weighted by Crippen LogP contribution is -2.29. The largest absolute Gasteiger partial charge is 0.497 e. The highest BCUT2D eigenvalue weighted by atomic mass is 35.5. The first-order chi connectivity index (χ1) is 19.5. The Balaban J connectivity index is 1.34. The fourth-order valence-electron chi connectivity index (χ4n) is 4.91. The third-order valence-corrected chi connectivity index (χ3v) is 7.68. The highest BCUT2D eigenvalue weighted by Crippen LogP contribution is 2.43. The van der Waals surface area contributed by atoms with Gasteiger partial charge in [0.1, 0.15) is 34.8 Å². The minimum Gasteiger partial charge on any atom is -0.497 e. The zero-order valence-electron chi connectivity index (χ0n) is 21.9. The molecule has 200 valence electrons. The normalized spacial score (nSPS) is 16.6. The van der Waals surface area contributed by atoms with E-state index in [1.54, 1.807) is 13.3 Å². The van der Waals surface area contributed by atoms with Crippen LogP contribution in [0.25, 0.3) is 11.3 Å². The molecule has 40 heavy (non-hydrogen) atoms. The molecule has 0 amide bonds. The third-order valence-electron chi connectivity index (χ3n) is 6.96. The molecule has 0 radical (unpaired) electrons. The number of rotatable bonds is 7. The fourth-order valence-corrected chi connectivity index (χ4v) is 5.43. The maximum atomic E-state index is 6.50. The van der Waals surface area contributed by atoms with Crippen molar-refractivity contribution in [3.05, 3.63) is 125 Å². The number of methoxy groups -OCH3 is 1. The van der Waals surface area contributed by atoms with E-state index in [4.69, 9.17) is 37.7 Å². The van der Waals surface area contributed by atoms with E-state index in [0.717, 1.165) is 45.5 Å². The Morgan fingerprint density at radius 1 is 0.875 bits per heavy atom. The van der Waals surface area contributed by atoms with Gasteiger partial charge in [-0.1, -0.05) is 29.8 Å².